The molecule has 2 N–H and O–H groups in total. The summed E-state index contributed by atoms with van der Waals surface area (Å²) in [5, 5.41) is 6.86. The van der Waals surface area contributed by atoms with Crippen molar-refractivity contribution in [1.29, 1.82) is 0 Å². The van der Waals surface area contributed by atoms with Crippen molar-refractivity contribution >= 4 is 17.7 Å². The summed E-state index contributed by atoms with van der Waals surface area (Å²) < 4.78 is 5.66. The lowest BCUT2D eigenvalue weighted by Gasteiger charge is -2.26. The van der Waals surface area contributed by atoms with E-state index in [0.29, 0.717) is 0 Å². The van der Waals surface area contributed by atoms with Crippen LogP contribution in [0.2, 0.25) is 0 Å². The molecule has 0 aliphatic carbocycles. The number of aliphatic imine (C=N–C) groups is 1. The van der Waals surface area contributed by atoms with E-state index in [-0.39, 0.29) is 6.04 Å². The molecule has 1 atom stereocenters. The highest BCUT2D eigenvalue weighted by molar-refractivity contribution is 7.98. The second kappa shape index (κ2) is 10.6. The third-order valence-corrected chi connectivity index (χ3v) is 4.90. The Morgan fingerprint density at radius 3 is 2.83 bits per heavy atom. The maximum Gasteiger partial charge on any atom is 0.191 e. The van der Waals surface area contributed by atoms with Crippen LogP contribution in [0.25, 0.3) is 0 Å². The van der Waals surface area contributed by atoms with Crippen LogP contribution in [0, 0.1) is 0 Å². The first kappa shape index (κ1) is 18.2. The number of nitrogens with zero attached hydrogens (tertiary/aromatic N) is 2. The monoisotopic (exact) mass is 338 g/mol. The van der Waals surface area contributed by atoms with E-state index in [9.17, 15) is 0 Å². The van der Waals surface area contributed by atoms with Gasteiger partial charge in [-0.3, -0.25) is 9.89 Å². The van der Waals surface area contributed by atoms with Gasteiger partial charge in [-0.25, -0.2) is 0 Å². The predicted octanol–water partition coefficient (Wildman–Crippen LogP) is 2.72. The van der Waals surface area contributed by atoms with Gasteiger partial charge >= 0.3 is 0 Å². The second-order valence-electron chi connectivity index (χ2n) is 5.85. The van der Waals surface area contributed by atoms with E-state index in [2.05, 4.69) is 32.8 Å². The Labute approximate surface area is 144 Å². The molecule has 5 nitrogen and oxygen atoms in total. The van der Waals surface area contributed by atoms with Crippen LogP contribution in [0.1, 0.15) is 37.5 Å². The Hall–Kier alpha value is -1.14. The predicted molar refractivity (Wildman–Crippen MR) is 99.2 cm³/mol. The zero-order valence-electron chi connectivity index (χ0n) is 14.4. The van der Waals surface area contributed by atoms with Crippen LogP contribution in [0.4, 0.5) is 0 Å². The van der Waals surface area contributed by atoms with Crippen molar-refractivity contribution in [3.63, 3.8) is 0 Å². The van der Waals surface area contributed by atoms with Gasteiger partial charge in [0, 0.05) is 20.1 Å². The molecule has 1 aromatic heterocycles. The first-order chi connectivity index (χ1) is 11.3. The summed E-state index contributed by atoms with van der Waals surface area (Å²) in [6.45, 7) is 4.08. The molecule has 1 fully saturated rings. The average molecular weight is 339 g/mol. The molecule has 130 valence electrons. The molecule has 0 bridgehead atoms. The van der Waals surface area contributed by atoms with Gasteiger partial charge in [0.1, 0.15) is 5.76 Å². The molecule has 0 radical (unpaired) electrons. The molecule has 23 heavy (non-hydrogen) atoms. The maximum atomic E-state index is 5.66. The lowest BCUT2D eigenvalue weighted by molar-refractivity contribution is 0.215. The van der Waals surface area contributed by atoms with Crippen LogP contribution in [0.15, 0.2) is 27.8 Å². The fraction of sp³-hybridized carbons (Fsp3) is 0.706. The average Bonchev–Trinajstić information content (AvgIpc) is 3.27. The quantitative estimate of drug-likeness (QED) is 0.412. The molecule has 2 rings (SSSR count). The topological polar surface area (TPSA) is 52.8 Å². The van der Waals surface area contributed by atoms with Crippen LogP contribution >= 0.6 is 11.8 Å². The van der Waals surface area contributed by atoms with Crippen molar-refractivity contribution in [2.75, 3.05) is 45.2 Å². The summed E-state index contributed by atoms with van der Waals surface area (Å²) in [5.41, 5.74) is 0. The normalized spacial score (nSPS) is 17.4. The highest BCUT2D eigenvalue weighted by Gasteiger charge is 2.25. The van der Waals surface area contributed by atoms with E-state index in [1.165, 1.54) is 31.4 Å². The summed E-state index contributed by atoms with van der Waals surface area (Å²) in [6, 6.07) is 4.32. The lowest BCUT2D eigenvalue weighted by Crippen LogP contribution is -2.42. The molecule has 0 saturated carbocycles. The number of nitrogens with one attached hydrogen (secondary N) is 2. The minimum atomic E-state index is 0.280. The Morgan fingerprint density at radius 2 is 2.17 bits per heavy atom. The third-order valence-electron chi connectivity index (χ3n) is 4.21. The van der Waals surface area contributed by atoms with E-state index in [4.69, 9.17) is 4.42 Å². The van der Waals surface area contributed by atoms with Crippen molar-refractivity contribution in [3.8, 4) is 0 Å². The SMILES string of the molecule is CN=C(NCCCCSC)NCC(c1ccco1)N1CCCC1. The van der Waals surface area contributed by atoms with Crippen LogP contribution in [-0.4, -0.2) is 56.1 Å². The van der Waals surface area contributed by atoms with Gasteiger partial charge in [-0.1, -0.05) is 0 Å². The molecule has 1 aliphatic heterocycles. The van der Waals surface area contributed by atoms with E-state index >= 15 is 0 Å². The van der Waals surface area contributed by atoms with Crippen LogP contribution in [0.5, 0.6) is 0 Å². The van der Waals surface area contributed by atoms with Gasteiger partial charge in [0.05, 0.1) is 12.3 Å². The fourth-order valence-electron chi connectivity index (χ4n) is 2.94. The summed E-state index contributed by atoms with van der Waals surface area (Å²) in [6.07, 6.45) is 8.89. The maximum absolute atomic E-state index is 5.66. The highest BCUT2D eigenvalue weighted by atomic mass is 32.2. The Morgan fingerprint density at radius 1 is 1.35 bits per heavy atom. The van der Waals surface area contributed by atoms with E-state index < -0.39 is 0 Å². The van der Waals surface area contributed by atoms with Gasteiger partial charge in [-0.2, -0.15) is 11.8 Å². The zero-order valence-corrected chi connectivity index (χ0v) is 15.2. The van der Waals surface area contributed by atoms with Crippen molar-refractivity contribution in [1.82, 2.24) is 15.5 Å². The molecule has 6 heteroatoms. The first-order valence-corrected chi connectivity index (χ1v) is 9.95. The number of hydrogen-bond donors (Lipinski definition) is 2. The number of unbranched alkanes of at least 4 members (excludes halogenated alkanes) is 1. The molecular weight excluding hydrogens is 308 g/mol. The number of hydrogen-bond acceptors (Lipinski definition) is 4. The molecule has 0 spiro atoms. The van der Waals surface area contributed by atoms with Gasteiger partial charge in [0.2, 0.25) is 0 Å². The van der Waals surface area contributed by atoms with E-state index in [1.54, 1.807) is 6.26 Å². The van der Waals surface area contributed by atoms with Crippen LogP contribution in [0.3, 0.4) is 0 Å². The molecule has 1 saturated heterocycles. The van der Waals surface area contributed by atoms with Crippen molar-refractivity contribution in [3.05, 3.63) is 24.2 Å². The Kier molecular flexibility index (Phi) is 8.39. The largest absolute Gasteiger partial charge is 0.468 e. The Balaban J connectivity index is 1.79. The second-order valence-corrected chi connectivity index (χ2v) is 6.84. The number of thioether (sulfide) groups is 1. The minimum absolute atomic E-state index is 0.280. The van der Waals surface area contributed by atoms with E-state index in [0.717, 1.165) is 37.9 Å². The summed E-state index contributed by atoms with van der Waals surface area (Å²) >= 11 is 1.90. The third kappa shape index (κ3) is 6.11. The first-order valence-electron chi connectivity index (χ1n) is 8.56. The fourth-order valence-corrected chi connectivity index (χ4v) is 3.43. The lowest BCUT2D eigenvalue weighted by atomic mass is 10.2. The summed E-state index contributed by atoms with van der Waals surface area (Å²) in [5.74, 6) is 3.14. The van der Waals surface area contributed by atoms with E-state index in [1.807, 2.05) is 24.9 Å². The van der Waals surface area contributed by atoms with Crippen molar-refractivity contribution < 1.29 is 4.42 Å². The molecule has 2 heterocycles. The van der Waals surface area contributed by atoms with Gasteiger partial charge in [0.25, 0.3) is 0 Å². The molecular formula is C17H30N4OS. The zero-order chi connectivity index (χ0) is 16.3. The standard InChI is InChI=1S/C17H30N4OS/c1-18-17(19-9-3-6-13-23-2)20-14-15(16-8-7-12-22-16)21-10-4-5-11-21/h7-8,12,15H,3-6,9-11,13-14H2,1-2H3,(H2,18,19,20). The van der Waals surface area contributed by atoms with Gasteiger partial charge < -0.3 is 15.1 Å². The summed E-state index contributed by atoms with van der Waals surface area (Å²) in [4.78, 5) is 6.82. The van der Waals surface area contributed by atoms with Crippen LogP contribution < -0.4 is 10.6 Å². The molecule has 1 aliphatic rings. The minimum Gasteiger partial charge on any atom is -0.468 e. The number of guanidine groups is 1. The highest BCUT2D eigenvalue weighted by Crippen LogP contribution is 2.24. The molecule has 1 unspecified atom stereocenters. The summed E-state index contributed by atoms with van der Waals surface area (Å²) in [7, 11) is 1.83. The number of rotatable bonds is 9. The molecule has 1 aromatic rings. The Bertz CT molecular complexity index is 443. The molecule has 0 amide bonds. The van der Waals surface area contributed by atoms with Gasteiger partial charge in [-0.15, -0.1) is 0 Å². The number of likely N-dealkylation sites (tertiary alicyclic amines) is 1. The van der Waals surface area contributed by atoms with Crippen molar-refractivity contribution in [2.24, 2.45) is 4.99 Å². The van der Waals surface area contributed by atoms with Crippen LogP contribution in [-0.2, 0) is 0 Å². The molecule has 0 aromatic carbocycles. The smallest absolute Gasteiger partial charge is 0.191 e. The van der Waals surface area contributed by atoms with Gasteiger partial charge in [0.15, 0.2) is 5.96 Å². The van der Waals surface area contributed by atoms with Crippen molar-refractivity contribution in [2.45, 2.75) is 31.7 Å². The number of furan rings is 1. The van der Waals surface area contributed by atoms with Gasteiger partial charge in [-0.05, 0) is 62.9 Å².